The standard InChI is InChI=1S/C4H14N2Si.4F2/c1-5-7(3,4)6-2;4*1-2/h5-6H,1-4H3;;;;. The molecule has 0 radical (unpaired) electrons. The van der Waals surface area contributed by atoms with E-state index in [0.717, 1.165) is 0 Å². The van der Waals surface area contributed by atoms with Gasteiger partial charge in [-0.1, -0.05) is 0 Å². The molecule has 0 aromatic rings. The van der Waals surface area contributed by atoms with E-state index < -0.39 is 8.40 Å². The minimum absolute atomic E-state index is 1.15. The van der Waals surface area contributed by atoms with Crippen molar-refractivity contribution in [1.29, 1.82) is 0 Å². The largest absolute Gasteiger partial charge is 0.328 e. The van der Waals surface area contributed by atoms with Gasteiger partial charge in [0.2, 0.25) is 0 Å². The van der Waals surface area contributed by atoms with Gasteiger partial charge in [0.25, 0.3) is 0 Å². The lowest BCUT2D eigenvalue weighted by atomic mass is 11.6. The fourth-order valence-corrected chi connectivity index (χ4v) is 0.375. The zero-order chi connectivity index (χ0) is 13.9. The molecule has 15 heavy (non-hydrogen) atoms. The summed E-state index contributed by atoms with van der Waals surface area (Å²) in [7, 11) is 2.83. The normalized spacial score (nSPS) is 7.20. The van der Waals surface area contributed by atoms with E-state index in [1.54, 1.807) is 0 Å². The van der Waals surface area contributed by atoms with Gasteiger partial charge in [-0.05, 0) is 27.2 Å². The van der Waals surface area contributed by atoms with Crippen LogP contribution in [-0.2, 0) is 0 Å². The van der Waals surface area contributed by atoms with Gasteiger partial charge in [0.15, 0.2) is 8.40 Å². The lowest BCUT2D eigenvalue weighted by Crippen LogP contribution is -2.54. The highest BCUT2D eigenvalue weighted by Crippen LogP contribution is 1.83. The van der Waals surface area contributed by atoms with Crippen molar-refractivity contribution in [2.45, 2.75) is 13.1 Å². The van der Waals surface area contributed by atoms with Crippen LogP contribution in [0, 0.1) is 0 Å². The SMILES string of the molecule is CN[Si](C)(C)NC.FF.FF.FF.FF. The van der Waals surface area contributed by atoms with Crippen LogP contribution in [0.3, 0.4) is 0 Å². The summed E-state index contributed by atoms with van der Waals surface area (Å²) in [5, 5.41) is 0. The summed E-state index contributed by atoms with van der Waals surface area (Å²) in [5.41, 5.74) is 0. The molecule has 100 valence electrons. The van der Waals surface area contributed by atoms with Crippen molar-refractivity contribution in [3.05, 3.63) is 0 Å². The predicted molar refractivity (Wildman–Crippen MR) is 44.5 cm³/mol. The molecule has 2 N–H and O–H groups in total. The molecule has 0 spiro atoms. The van der Waals surface area contributed by atoms with Crippen LogP contribution in [0.15, 0.2) is 0 Å². The Balaban J connectivity index is -0.0000000353. The molecule has 0 bridgehead atoms. The highest BCUT2D eigenvalue weighted by molar-refractivity contribution is 6.72. The van der Waals surface area contributed by atoms with E-state index in [1.165, 1.54) is 0 Å². The molecular formula is C4H14F8N2Si. The lowest BCUT2D eigenvalue weighted by molar-refractivity contribution is 0.108. The van der Waals surface area contributed by atoms with Gasteiger partial charge in [-0.15, -0.1) is 0 Å². The van der Waals surface area contributed by atoms with E-state index in [-0.39, 0.29) is 0 Å². The Morgan fingerprint density at radius 1 is 0.600 bits per heavy atom. The average Bonchev–Trinajstić information content (AvgIpc) is 2.39. The molecule has 0 atom stereocenters. The summed E-state index contributed by atoms with van der Waals surface area (Å²) in [6, 6.07) is 0. The minimum Gasteiger partial charge on any atom is -0.328 e. The average molecular weight is 270 g/mol. The maximum atomic E-state index is 8.00. The third kappa shape index (κ3) is 58.5. The first-order chi connectivity index (χ1) is 7.12. The van der Waals surface area contributed by atoms with Gasteiger partial charge >= 0.3 is 0 Å². The molecule has 0 saturated carbocycles. The fourth-order valence-electron chi connectivity index (χ4n) is 0.125. The smallest absolute Gasteiger partial charge is 0.194 e. The molecule has 0 heterocycles. The topological polar surface area (TPSA) is 24.1 Å². The molecular weight excluding hydrogens is 256 g/mol. The minimum atomic E-state index is -1.15. The number of nitrogens with one attached hydrogen (secondary N) is 2. The van der Waals surface area contributed by atoms with Crippen molar-refractivity contribution < 1.29 is 36.6 Å². The molecule has 0 aliphatic carbocycles. The van der Waals surface area contributed by atoms with E-state index in [1.807, 2.05) is 14.1 Å². The maximum absolute atomic E-state index is 8.00. The Morgan fingerprint density at radius 3 is 0.733 bits per heavy atom. The van der Waals surface area contributed by atoms with Crippen LogP contribution in [0.5, 0.6) is 0 Å². The number of rotatable bonds is 2. The van der Waals surface area contributed by atoms with Crippen molar-refractivity contribution in [2.24, 2.45) is 0 Å². The zero-order valence-corrected chi connectivity index (χ0v) is 9.52. The Bertz CT molecular complexity index is 62.6. The van der Waals surface area contributed by atoms with Crippen molar-refractivity contribution in [2.75, 3.05) is 14.1 Å². The molecule has 0 unspecified atom stereocenters. The summed E-state index contributed by atoms with van der Waals surface area (Å²) in [6.07, 6.45) is 0. The molecule has 0 amide bonds. The Kier molecular flexibility index (Phi) is 73.1. The summed E-state index contributed by atoms with van der Waals surface area (Å²) in [5.74, 6) is 0. The quantitative estimate of drug-likeness (QED) is 0.593. The van der Waals surface area contributed by atoms with Crippen LogP contribution in [0.25, 0.3) is 0 Å². The molecule has 0 aromatic heterocycles. The number of halogens is 8. The molecule has 0 rings (SSSR count). The Labute approximate surface area is 83.3 Å². The Morgan fingerprint density at radius 2 is 0.733 bits per heavy atom. The van der Waals surface area contributed by atoms with Crippen LogP contribution in [-0.4, -0.2) is 22.5 Å². The summed E-state index contributed by atoms with van der Waals surface area (Å²) >= 11 is 0. The monoisotopic (exact) mass is 270 g/mol. The van der Waals surface area contributed by atoms with Crippen LogP contribution >= 0.6 is 0 Å². The molecule has 11 heteroatoms. The van der Waals surface area contributed by atoms with Crippen LogP contribution < -0.4 is 9.96 Å². The first kappa shape index (κ1) is 29.3. The molecule has 0 aliphatic rings. The highest BCUT2D eigenvalue weighted by Gasteiger charge is 2.13. The second-order valence-electron chi connectivity index (χ2n) is 2.12. The van der Waals surface area contributed by atoms with Gasteiger partial charge in [-0.3, -0.25) is 0 Å². The maximum Gasteiger partial charge on any atom is 0.194 e. The van der Waals surface area contributed by atoms with Gasteiger partial charge in [0.05, 0.1) is 0 Å². The molecule has 0 aliphatic heterocycles. The van der Waals surface area contributed by atoms with Gasteiger partial charge < -0.3 is 9.96 Å². The second kappa shape index (κ2) is 37.4. The van der Waals surface area contributed by atoms with Crippen molar-refractivity contribution >= 4 is 8.40 Å². The van der Waals surface area contributed by atoms with Crippen molar-refractivity contribution in [3.8, 4) is 0 Å². The van der Waals surface area contributed by atoms with E-state index in [2.05, 4.69) is 23.1 Å². The van der Waals surface area contributed by atoms with E-state index >= 15 is 0 Å². The third-order valence-corrected chi connectivity index (χ3v) is 3.75. The third-order valence-electron chi connectivity index (χ3n) is 1.25. The molecule has 0 aromatic carbocycles. The summed E-state index contributed by atoms with van der Waals surface area (Å²) in [4.78, 5) is 6.44. The molecule has 0 fully saturated rings. The van der Waals surface area contributed by atoms with Crippen molar-refractivity contribution in [3.63, 3.8) is 0 Å². The first-order valence-corrected chi connectivity index (χ1v) is 6.07. The first-order valence-electron chi connectivity index (χ1n) is 3.07. The summed E-state index contributed by atoms with van der Waals surface area (Å²) < 4.78 is 64.0. The zero-order valence-electron chi connectivity index (χ0n) is 8.52. The lowest BCUT2D eigenvalue weighted by Gasteiger charge is -2.18. The van der Waals surface area contributed by atoms with Gasteiger partial charge in [0.1, 0.15) is 0 Å². The molecule has 0 saturated heterocycles. The van der Waals surface area contributed by atoms with Gasteiger partial charge in [0, 0.05) is 36.6 Å². The number of hydrogen-bond donors (Lipinski definition) is 2. The van der Waals surface area contributed by atoms with Gasteiger partial charge in [-0.25, -0.2) is 0 Å². The highest BCUT2D eigenvalue weighted by atomic mass is 28.3. The predicted octanol–water partition coefficient (Wildman–Crippen LogP) is 3.49. The Hall–Kier alpha value is -0.423. The van der Waals surface area contributed by atoms with E-state index in [9.17, 15) is 0 Å². The van der Waals surface area contributed by atoms with Crippen LogP contribution in [0.2, 0.25) is 13.1 Å². The van der Waals surface area contributed by atoms with Crippen molar-refractivity contribution in [1.82, 2.24) is 9.96 Å². The second-order valence-corrected chi connectivity index (χ2v) is 6.38. The van der Waals surface area contributed by atoms with Crippen LogP contribution in [0.1, 0.15) is 0 Å². The van der Waals surface area contributed by atoms with E-state index in [0.29, 0.717) is 0 Å². The van der Waals surface area contributed by atoms with Gasteiger partial charge in [-0.2, -0.15) is 0 Å². The summed E-state index contributed by atoms with van der Waals surface area (Å²) in [6.45, 7) is 4.43. The van der Waals surface area contributed by atoms with Crippen LogP contribution in [0.4, 0.5) is 36.6 Å². The number of hydrogen-bond acceptors (Lipinski definition) is 2. The fraction of sp³-hybridized carbons (Fsp3) is 1.00. The van der Waals surface area contributed by atoms with E-state index in [4.69, 9.17) is 36.6 Å². The molecule has 2 nitrogen and oxygen atoms in total.